The minimum absolute atomic E-state index is 0.530. The van der Waals surface area contributed by atoms with Crippen molar-refractivity contribution in [2.75, 3.05) is 19.3 Å². The number of aromatic nitrogens is 2. The second-order valence-corrected chi connectivity index (χ2v) is 6.63. The molecule has 0 radical (unpaired) electrons. The molecule has 1 saturated carbocycles. The fourth-order valence-electron chi connectivity index (χ4n) is 2.80. The van der Waals surface area contributed by atoms with Crippen molar-refractivity contribution < 1.29 is 0 Å². The van der Waals surface area contributed by atoms with Gasteiger partial charge in [0.2, 0.25) is 0 Å². The average Bonchev–Trinajstić information content (AvgIpc) is 3.00. The molecule has 0 spiro atoms. The topological polar surface area (TPSA) is 29.9 Å². The third-order valence-electron chi connectivity index (χ3n) is 4.20. The van der Waals surface area contributed by atoms with Crippen LogP contribution in [-0.2, 0) is 6.54 Å². The first kappa shape index (κ1) is 11.6. The summed E-state index contributed by atoms with van der Waals surface area (Å²) in [4.78, 5) is 4.38. The molecule has 3 nitrogen and oxygen atoms in total. The van der Waals surface area contributed by atoms with Gasteiger partial charge in [0.15, 0.2) is 0 Å². The summed E-state index contributed by atoms with van der Waals surface area (Å²) < 4.78 is 2.95. The van der Waals surface area contributed by atoms with Crippen molar-refractivity contribution in [2.24, 2.45) is 0 Å². The van der Waals surface area contributed by atoms with Crippen molar-refractivity contribution in [1.82, 2.24) is 14.9 Å². The van der Waals surface area contributed by atoms with Crippen LogP contribution in [0, 0.1) is 0 Å². The Morgan fingerprint density at radius 1 is 1.47 bits per heavy atom. The predicted octanol–water partition coefficient (Wildman–Crippen LogP) is 2.25. The van der Waals surface area contributed by atoms with Crippen molar-refractivity contribution in [1.29, 1.82) is 0 Å². The van der Waals surface area contributed by atoms with Crippen LogP contribution in [0.4, 0.5) is 0 Å². The lowest BCUT2D eigenvalue weighted by Gasteiger charge is -2.25. The van der Waals surface area contributed by atoms with Crippen LogP contribution in [0.5, 0.6) is 0 Å². The smallest absolute Gasteiger partial charge is 0.0948 e. The summed E-state index contributed by atoms with van der Waals surface area (Å²) in [6.07, 6.45) is 11.6. The molecule has 0 unspecified atom stereocenters. The molecule has 4 heteroatoms. The van der Waals surface area contributed by atoms with E-state index in [4.69, 9.17) is 0 Å². The lowest BCUT2D eigenvalue weighted by molar-refractivity contribution is 0.437. The highest BCUT2D eigenvalue weighted by Gasteiger charge is 2.42. The van der Waals surface area contributed by atoms with E-state index >= 15 is 0 Å². The molecule has 2 heterocycles. The van der Waals surface area contributed by atoms with E-state index in [-0.39, 0.29) is 0 Å². The molecule has 0 bridgehead atoms. The summed E-state index contributed by atoms with van der Waals surface area (Å²) in [5.41, 5.74) is 1.46. The number of imidazole rings is 1. The molecule has 0 aromatic carbocycles. The van der Waals surface area contributed by atoms with E-state index in [1.807, 2.05) is 18.1 Å². The van der Waals surface area contributed by atoms with Crippen LogP contribution in [0.15, 0.2) is 12.5 Å². The second-order valence-electron chi connectivity index (χ2n) is 5.36. The Kier molecular flexibility index (Phi) is 3.17. The Hall–Kier alpha value is -0.480. The molecule has 1 aromatic rings. The van der Waals surface area contributed by atoms with Crippen molar-refractivity contribution >= 4 is 11.8 Å². The van der Waals surface area contributed by atoms with E-state index in [9.17, 15) is 0 Å². The van der Waals surface area contributed by atoms with Crippen molar-refractivity contribution in [3.05, 3.63) is 18.2 Å². The highest BCUT2D eigenvalue weighted by molar-refractivity contribution is 8.00. The molecule has 1 saturated heterocycles. The minimum atomic E-state index is 0.530. The Morgan fingerprint density at radius 3 is 2.88 bits per heavy atom. The molecule has 2 aliphatic rings. The lowest BCUT2D eigenvalue weighted by Crippen LogP contribution is -2.28. The van der Waals surface area contributed by atoms with Crippen LogP contribution < -0.4 is 5.32 Å². The Morgan fingerprint density at radius 2 is 2.24 bits per heavy atom. The maximum Gasteiger partial charge on any atom is 0.0948 e. The number of rotatable bonds is 4. The Balaban J connectivity index is 1.74. The zero-order chi connectivity index (χ0) is 11.7. The number of hydrogen-bond acceptors (Lipinski definition) is 3. The zero-order valence-corrected chi connectivity index (χ0v) is 11.3. The summed E-state index contributed by atoms with van der Waals surface area (Å²) >= 11 is 2.03. The zero-order valence-electron chi connectivity index (χ0n) is 10.5. The van der Waals surface area contributed by atoms with Crippen molar-refractivity contribution in [3.8, 4) is 0 Å². The van der Waals surface area contributed by atoms with E-state index in [2.05, 4.69) is 27.3 Å². The van der Waals surface area contributed by atoms with Gasteiger partial charge in [0, 0.05) is 29.1 Å². The molecular weight excluding hydrogens is 230 g/mol. The molecular formula is C13H21N3S. The van der Waals surface area contributed by atoms with Crippen molar-refractivity contribution in [2.45, 2.75) is 42.9 Å². The molecule has 2 fully saturated rings. The summed E-state index contributed by atoms with van der Waals surface area (Å²) in [6.45, 7) is 3.47. The molecule has 0 atom stereocenters. The van der Waals surface area contributed by atoms with E-state index in [0.717, 1.165) is 25.6 Å². The van der Waals surface area contributed by atoms with Gasteiger partial charge in [0.1, 0.15) is 0 Å². The van der Waals surface area contributed by atoms with Gasteiger partial charge in [-0.1, -0.05) is 0 Å². The van der Waals surface area contributed by atoms with Gasteiger partial charge >= 0.3 is 0 Å². The van der Waals surface area contributed by atoms with E-state index in [0.29, 0.717) is 4.75 Å². The number of hydrogen-bond donors (Lipinski definition) is 1. The number of nitrogens with one attached hydrogen (secondary N) is 1. The SMILES string of the molecule is CSC1(Cn2cncc2C2CCNCC2)CC1. The Labute approximate surface area is 107 Å². The van der Waals surface area contributed by atoms with Gasteiger partial charge < -0.3 is 9.88 Å². The Bertz CT molecular complexity index is 378. The maximum absolute atomic E-state index is 4.38. The first-order valence-electron chi connectivity index (χ1n) is 6.59. The summed E-state index contributed by atoms with van der Waals surface area (Å²) in [5, 5.41) is 3.43. The standard InChI is InChI=1S/C13H21N3S/c1-17-13(4-5-13)9-16-10-15-8-12(16)11-2-6-14-7-3-11/h8,10-11,14H,2-7,9H2,1H3. The van der Waals surface area contributed by atoms with Gasteiger partial charge in [-0.3, -0.25) is 0 Å². The van der Waals surface area contributed by atoms with Crippen LogP contribution in [0.1, 0.15) is 37.3 Å². The second kappa shape index (κ2) is 4.65. The van der Waals surface area contributed by atoms with E-state index < -0.39 is 0 Å². The highest BCUT2D eigenvalue weighted by Crippen LogP contribution is 2.48. The fourth-order valence-corrected chi connectivity index (χ4v) is 3.58. The third kappa shape index (κ3) is 2.38. The molecule has 1 aliphatic heterocycles. The third-order valence-corrected chi connectivity index (χ3v) is 5.60. The number of piperidine rings is 1. The quantitative estimate of drug-likeness (QED) is 0.890. The van der Waals surface area contributed by atoms with Crippen LogP contribution in [0.3, 0.4) is 0 Å². The molecule has 1 aromatic heterocycles. The van der Waals surface area contributed by atoms with Crippen LogP contribution in [-0.4, -0.2) is 33.6 Å². The van der Waals surface area contributed by atoms with Crippen LogP contribution in [0.25, 0.3) is 0 Å². The summed E-state index contributed by atoms with van der Waals surface area (Å²) in [7, 11) is 0. The van der Waals surface area contributed by atoms with Gasteiger partial charge in [0.25, 0.3) is 0 Å². The van der Waals surface area contributed by atoms with Crippen LogP contribution >= 0.6 is 11.8 Å². The molecule has 94 valence electrons. The molecule has 1 aliphatic carbocycles. The van der Waals surface area contributed by atoms with Gasteiger partial charge in [0.05, 0.1) is 6.33 Å². The first-order chi connectivity index (χ1) is 8.33. The number of nitrogens with zero attached hydrogens (tertiary/aromatic N) is 2. The van der Waals surface area contributed by atoms with E-state index in [1.54, 1.807) is 0 Å². The summed E-state index contributed by atoms with van der Waals surface area (Å²) in [6, 6.07) is 0. The van der Waals surface area contributed by atoms with Gasteiger partial charge in [-0.2, -0.15) is 11.8 Å². The molecule has 0 amide bonds. The van der Waals surface area contributed by atoms with Crippen molar-refractivity contribution in [3.63, 3.8) is 0 Å². The number of thioether (sulfide) groups is 1. The highest BCUT2D eigenvalue weighted by atomic mass is 32.2. The molecule has 3 rings (SSSR count). The molecule has 1 N–H and O–H groups in total. The first-order valence-corrected chi connectivity index (χ1v) is 7.81. The lowest BCUT2D eigenvalue weighted by atomic mass is 9.95. The average molecular weight is 251 g/mol. The van der Waals surface area contributed by atoms with Gasteiger partial charge in [-0.15, -0.1) is 0 Å². The van der Waals surface area contributed by atoms with Crippen LogP contribution in [0.2, 0.25) is 0 Å². The largest absolute Gasteiger partial charge is 0.333 e. The van der Waals surface area contributed by atoms with Gasteiger partial charge in [-0.25, -0.2) is 4.98 Å². The minimum Gasteiger partial charge on any atom is -0.333 e. The predicted molar refractivity (Wildman–Crippen MR) is 72.6 cm³/mol. The fraction of sp³-hybridized carbons (Fsp3) is 0.769. The maximum atomic E-state index is 4.38. The summed E-state index contributed by atoms with van der Waals surface area (Å²) in [5.74, 6) is 0.719. The van der Waals surface area contributed by atoms with E-state index in [1.165, 1.54) is 31.4 Å². The monoisotopic (exact) mass is 251 g/mol. The molecule has 17 heavy (non-hydrogen) atoms. The normalized spacial score (nSPS) is 23.8. The van der Waals surface area contributed by atoms with Gasteiger partial charge in [-0.05, 0) is 45.0 Å².